The second-order valence-corrected chi connectivity index (χ2v) is 3.98. The van der Waals surface area contributed by atoms with Crippen molar-refractivity contribution in [1.82, 2.24) is 4.98 Å². The molecule has 1 aromatic rings. The van der Waals surface area contributed by atoms with E-state index in [1.54, 1.807) is 18.2 Å². The third kappa shape index (κ3) is 3.88. The molecule has 16 heavy (non-hydrogen) atoms. The summed E-state index contributed by atoms with van der Waals surface area (Å²) >= 11 is 0. The Labute approximate surface area is 96.3 Å². The number of ether oxygens (including phenoxy) is 1. The van der Waals surface area contributed by atoms with E-state index in [-0.39, 0.29) is 5.84 Å². The zero-order valence-electron chi connectivity index (χ0n) is 9.86. The van der Waals surface area contributed by atoms with Gasteiger partial charge in [-0.05, 0) is 18.4 Å². The normalized spacial score (nSPS) is 12.1. The molecule has 0 amide bonds. The summed E-state index contributed by atoms with van der Waals surface area (Å²) in [6.07, 6.45) is 2.30. The highest BCUT2D eigenvalue weighted by Gasteiger charge is 2.04. The van der Waals surface area contributed by atoms with Crippen LogP contribution in [0.4, 0.5) is 0 Å². The fourth-order valence-electron chi connectivity index (χ4n) is 1.45. The first-order valence-corrected chi connectivity index (χ1v) is 5.57. The minimum Gasteiger partial charge on any atom is -0.477 e. The van der Waals surface area contributed by atoms with Crippen molar-refractivity contribution in [3.05, 3.63) is 23.9 Å². The smallest absolute Gasteiger partial charge is 0.213 e. The summed E-state index contributed by atoms with van der Waals surface area (Å²) in [6, 6.07) is 5.28. The molecule has 0 aliphatic carbocycles. The maximum Gasteiger partial charge on any atom is 0.213 e. The molecule has 88 valence electrons. The van der Waals surface area contributed by atoms with Gasteiger partial charge in [-0.2, -0.15) is 0 Å². The van der Waals surface area contributed by atoms with Crippen LogP contribution in [0.1, 0.15) is 32.4 Å². The van der Waals surface area contributed by atoms with Crippen LogP contribution in [0.25, 0.3) is 0 Å². The molecule has 0 saturated carbocycles. The molecule has 0 bridgehead atoms. The summed E-state index contributed by atoms with van der Waals surface area (Å²) in [5.41, 5.74) is 5.81. The average molecular weight is 221 g/mol. The van der Waals surface area contributed by atoms with Crippen molar-refractivity contribution in [1.29, 1.82) is 5.41 Å². The summed E-state index contributed by atoms with van der Waals surface area (Å²) in [4.78, 5) is 4.13. The third-order valence-electron chi connectivity index (χ3n) is 2.30. The summed E-state index contributed by atoms with van der Waals surface area (Å²) in [6.45, 7) is 4.96. The minimum absolute atomic E-state index is 0.0351. The third-order valence-corrected chi connectivity index (χ3v) is 2.30. The lowest BCUT2D eigenvalue weighted by atomic mass is 10.1. The Hall–Kier alpha value is -1.58. The van der Waals surface area contributed by atoms with Crippen molar-refractivity contribution >= 4 is 5.84 Å². The van der Waals surface area contributed by atoms with Crippen LogP contribution in [0.5, 0.6) is 5.88 Å². The van der Waals surface area contributed by atoms with E-state index >= 15 is 0 Å². The van der Waals surface area contributed by atoms with Crippen molar-refractivity contribution in [3.63, 3.8) is 0 Å². The topological polar surface area (TPSA) is 72.0 Å². The molecular formula is C12H19N3O. The quantitative estimate of drug-likeness (QED) is 0.571. The van der Waals surface area contributed by atoms with Gasteiger partial charge >= 0.3 is 0 Å². The maximum absolute atomic E-state index is 7.27. The molecule has 1 aromatic heterocycles. The highest BCUT2D eigenvalue weighted by molar-refractivity contribution is 5.93. The van der Waals surface area contributed by atoms with Gasteiger partial charge in [0.25, 0.3) is 0 Å². The Balaban J connectivity index is 2.54. The van der Waals surface area contributed by atoms with E-state index in [2.05, 4.69) is 18.8 Å². The number of amidine groups is 1. The number of nitrogens with one attached hydrogen (secondary N) is 1. The van der Waals surface area contributed by atoms with E-state index in [4.69, 9.17) is 15.9 Å². The number of hydrogen-bond donors (Lipinski definition) is 2. The number of nitrogens with zero attached hydrogens (tertiary/aromatic N) is 1. The van der Waals surface area contributed by atoms with Crippen molar-refractivity contribution in [2.45, 2.75) is 26.7 Å². The van der Waals surface area contributed by atoms with E-state index in [0.29, 0.717) is 24.1 Å². The zero-order chi connectivity index (χ0) is 12.0. The number of nitrogens with two attached hydrogens (primary N) is 1. The molecule has 4 heteroatoms. The van der Waals surface area contributed by atoms with Gasteiger partial charge in [-0.1, -0.05) is 26.3 Å². The molecule has 1 rings (SSSR count). The van der Waals surface area contributed by atoms with Crippen LogP contribution in [0.15, 0.2) is 18.2 Å². The number of hydrogen-bond acceptors (Lipinski definition) is 3. The van der Waals surface area contributed by atoms with E-state index in [1.807, 2.05) is 0 Å². The standard InChI is InChI=1S/C12H19N3O/c1-3-5-9(2)8-16-11-7-4-6-10(15-11)12(13)14/h4,6-7,9H,3,5,8H2,1-2H3,(H3,13,14). The van der Waals surface area contributed by atoms with Crippen molar-refractivity contribution in [3.8, 4) is 5.88 Å². The van der Waals surface area contributed by atoms with Gasteiger partial charge in [0, 0.05) is 6.07 Å². The van der Waals surface area contributed by atoms with Gasteiger partial charge in [0.2, 0.25) is 5.88 Å². The molecule has 0 aliphatic rings. The lowest BCUT2D eigenvalue weighted by Gasteiger charge is -2.11. The molecule has 1 atom stereocenters. The van der Waals surface area contributed by atoms with Crippen LogP contribution in [-0.2, 0) is 0 Å². The Kier molecular flexibility index (Phi) is 4.76. The van der Waals surface area contributed by atoms with Crippen LogP contribution >= 0.6 is 0 Å². The molecule has 4 nitrogen and oxygen atoms in total. The predicted molar refractivity (Wildman–Crippen MR) is 64.8 cm³/mol. The molecule has 0 saturated heterocycles. The summed E-state index contributed by atoms with van der Waals surface area (Å²) < 4.78 is 5.55. The molecule has 0 fully saturated rings. The van der Waals surface area contributed by atoms with Gasteiger partial charge in [-0.25, -0.2) is 4.98 Å². The molecule has 1 unspecified atom stereocenters. The molecule has 0 radical (unpaired) electrons. The van der Waals surface area contributed by atoms with Crippen molar-refractivity contribution in [2.75, 3.05) is 6.61 Å². The fraction of sp³-hybridized carbons (Fsp3) is 0.500. The highest BCUT2D eigenvalue weighted by atomic mass is 16.5. The van der Waals surface area contributed by atoms with Gasteiger partial charge in [-0.3, -0.25) is 5.41 Å². The fourth-order valence-corrected chi connectivity index (χ4v) is 1.45. The minimum atomic E-state index is -0.0351. The van der Waals surface area contributed by atoms with Gasteiger partial charge in [0.15, 0.2) is 0 Å². The molecule has 1 heterocycles. The van der Waals surface area contributed by atoms with Crippen LogP contribution in [-0.4, -0.2) is 17.4 Å². The molecule has 0 aliphatic heterocycles. The maximum atomic E-state index is 7.27. The van der Waals surface area contributed by atoms with E-state index in [0.717, 1.165) is 12.8 Å². The lowest BCUT2D eigenvalue weighted by molar-refractivity contribution is 0.243. The van der Waals surface area contributed by atoms with Crippen molar-refractivity contribution in [2.24, 2.45) is 11.7 Å². The Morgan fingerprint density at radius 3 is 2.94 bits per heavy atom. The summed E-state index contributed by atoms with van der Waals surface area (Å²) in [5, 5.41) is 7.27. The highest BCUT2D eigenvalue weighted by Crippen LogP contribution is 2.11. The van der Waals surface area contributed by atoms with Crippen LogP contribution in [0.3, 0.4) is 0 Å². The van der Waals surface area contributed by atoms with Crippen LogP contribution in [0, 0.1) is 11.3 Å². The zero-order valence-corrected chi connectivity index (χ0v) is 9.86. The van der Waals surface area contributed by atoms with Crippen molar-refractivity contribution < 1.29 is 4.74 Å². The van der Waals surface area contributed by atoms with Crippen LogP contribution < -0.4 is 10.5 Å². The van der Waals surface area contributed by atoms with Gasteiger partial charge < -0.3 is 10.5 Å². The second-order valence-electron chi connectivity index (χ2n) is 3.98. The second kappa shape index (κ2) is 6.10. The molecule has 0 aromatic carbocycles. The summed E-state index contributed by atoms with van der Waals surface area (Å²) in [7, 11) is 0. The van der Waals surface area contributed by atoms with Crippen LogP contribution in [0.2, 0.25) is 0 Å². The van der Waals surface area contributed by atoms with Gasteiger partial charge in [0.1, 0.15) is 11.5 Å². The Morgan fingerprint density at radius 1 is 1.56 bits per heavy atom. The Morgan fingerprint density at radius 2 is 2.31 bits per heavy atom. The SMILES string of the molecule is CCCC(C)COc1cccc(C(=N)N)n1. The van der Waals surface area contributed by atoms with E-state index in [9.17, 15) is 0 Å². The molecule has 3 N–H and O–H groups in total. The largest absolute Gasteiger partial charge is 0.477 e. The first-order valence-electron chi connectivity index (χ1n) is 5.57. The summed E-state index contributed by atoms with van der Waals surface area (Å²) in [5.74, 6) is 1.02. The van der Waals surface area contributed by atoms with E-state index in [1.165, 1.54) is 0 Å². The number of aromatic nitrogens is 1. The predicted octanol–water partition coefficient (Wildman–Crippen LogP) is 2.18. The van der Waals surface area contributed by atoms with E-state index < -0.39 is 0 Å². The number of rotatable bonds is 6. The number of nitrogen functional groups attached to an aromatic ring is 1. The molecular weight excluding hydrogens is 202 g/mol. The lowest BCUT2D eigenvalue weighted by Crippen LogP contribution is -2.14. The monoisotopic (exact) mass is 221 g/mol. The number of pyridine rings is 1. The first-order chi connectivity index (χ1) is 7.63. The first kappa shape index (κ1) is 12.5. The van der Waals surface area contributed by atoms with Gasteiger partial charge in [0.05, 0.1) is 6.61 Å². The Bertz CT molecular complexity index is 352. The molecule has 0 spiro atoms. The average Bonchev–Trinajstić information content (AvgIpc) is 2.27. The van der Waals surface area contributed by atoms with Gasteiger partial charge in [-0.15, -0.1) is 0 Å².